The summed E-state index contributed by atoms with van der Waals surface area (Å²) in [4.78, 5) is 14.0. The van der Waals surface area contributed by atoms with Crippen LogP contribution in [0.4, 0.5) is 0 Å². The van der Waals surface area contributed by atoms with Gasteiger partial charge in [0.25, 0.3) is 5.91 Å². The lowest BCUT2D eigenvalue weighted by Gasteiger charge is -2.24. The Morgan fingerprint density at radius 2 is 2.29 bits per heavy atom. The van der Waals surface area contributed by atoms with E-state index >= 15 is 0 Å². The molecular weight excluding hydrogens is 216 g/mol. The summed E-state index contributed by atoms with van der Waals surface area (Å²) in [5.74, 6) is -0.00632. The molecule has 0 saturated carbocycles. The quantitative estimate of drug-likeness (QED) is 0.811. The molecule has 1 saturated heterocycles. The number of phenolic OH excluding ortho intramolecular Hbond substituents is 1. The van der Waals surface area contributed by atoms with Crippen LogP contribution in [-0.4, -0.2) is 28.5 Å². The average molecular weight is 232 g/mol. The molecule has 1 amide bonds. The van der Waals surface area contributed by atoms with E-state index in [0.717, 1.165) is 12.8 Å². The van der Waals surface area contributed by atoms with Gasteiger partial charge in [-0.1, -0.05) is 12.6 Å². The standard InChI is InChI=1S/C13H16N2O2/c1-9(14)12-6-3-7-15(12)13(17)10-4-2-5-11(16)8-10/h2,4-5,8,12,16H,1,3,6-7,14H2/t12-/m0/s1. The Labute approximate surface area is 100 Å². The molecule has 1 heterocycles. The van der Waals surface area contributed by atoms with Gasteiger partial charge in [-0.3, -0.25) is 4.79 Å². The van der Waals surface area contributed by atoms with Crippen LogP contribution < -0.4 is 5.73 Å². The highest BCUT2D eigenvalue weighted by molar-refractivity contribution is 5.95. The number of hydrogen-bond donors (Lipinski definition) is 2. The van der Waals surface area contributed by atoms with Crippen LogP contribution in [0.3, 0.4) is 0 Å². The zero-order valence-corrected chi connectivity index (χ0v) is 9.60. The Balaban J connectivity index is 2.23. The monoisotopic (exact) mass is 232 g/mol. The summed E-state index contributed by atoms with van der Waals surface area (Å²) in [7, 11) is 0. The molecule has 2 rings (SSSR count). The van der Waals surface area contributed by atoms with E-state index < -0.39 is 0 Å². The fourth-order valence-corrected chi connectivity index (χ4v) is 2.20. The SMILES string of the molecule is C=C(N)[C@@H]1CCCN1C(=O)c1cccc(O)c1. The molecule has 1 aromatic rings. The second kappa shape index (κ2) is 4.49. The molecule has 90 valence electrons. The summed E-state index contributed by atoms with van der Waals surface area (Å²) in [6.45, 7) is 4.41. The largest absolute Gasteiger partial charge is 0.508 e. The molecule has 0 spiro atoms. The Kier molecular flexibility index (Phi) is 3.04. The number of benzene rings is 1. The first-order valence-corrected chi connectivity index (χ1v) is 5.64. The Morgan fingerprint density at radius 3 is 2.94 bits per heavy atom. The number of carbonyl (C=O) groups excluding carboxylic acids is 1. The van der Waals surface area contributed by atoms with Gasteiger partial charge in [0.2, 0.25) is 0 Å². The van der Waals surface area contributed by atoms with Gasteiger partial charge in [0, 0.05) is 17.8 Å². The molecule has 1 aromatic carbocycles. The van der Waals surface area contributed by atoms with E-state index in [2.05, 4.69) is 6.58 Å². The smallest absolute Gasteiger partial charge is 0.254 e. The maximum atomic E-state index is 12.2. The molecule has 4 heteroatoms. The maximum Gasteiger partial charge on any atom is 0.254 e. The molecule has 0 aromatic heterocycles. The molecule has 3 N–H and O–H groups in total. The van der Waals surface area contributed by atoms with Gasteiger partial charge in [0.05, 0.1) is 6.04 Å². The second-order valence-corrected chi connectivity index (χ2v) is 4.28. The first-order chi connectivity index (χ1) is 8.09. The summed E-state index contributed by atoms with van der Waals surface area (Å²) < 4.78 is 0. The van der Waals surface area contributed by atoms with Crippen molar-refractivity contribution in [1.29, 1.82) is 0 Å². The molecule has 1 aliphatic rings. The molecule has 0 aliphatic carbocycles. The summed E-state index contributed by atoms with van der Waals surface area (Å²) in [5.41, 5.74) is 6.70. The predicted octanol–water partition coefficient (Wildman–Crippen LogP) is 1.47. The van der Waals surface area contributed by atoms with Gasteiger partial charge >= 0.3 is 0 Å². The van der Waals surface area contributed by atoms with Gasteiger partial charge in [0.15, 0.2) is 0 Å². The second-order valence-electron chi connectivity index (χ2n) is 4.28. The summed E-state index contributed by atoms with van der Waals surface area (Å²) in [6, 6.07) is 6.28. The van der Waals surface area contributed by atoms with Gasteiger partial charge < -0.3 is 15.7 Å². The van der Waals surface area contributed by atoms with Crippen LogP contribution in [0.25, 0.3) is 0 Å². The first-order valence-electron chi connectivity index (χ1n) is 5.64. The Bertz CT molecular complexity index is 456. The molecule has 1 fully saturated rings. The van der Waals surface area contributed by atoms with Crippen molar-refractivity contribution >= 4 is 5.91 Å². The van der Waals surface area contributed by atoms with E-state index in [9.17, 15) is 9.90 Å². The molecular formula is C13H16N2O2. The van der Waals surface area contributed by atoms with Gasteiger partial charge in [-0.2, -0.15) is 0 Å². The van der Waals surface area contributed by atoms with E-state index in [1.54, 1.807) is 23.1 Å². The number of likely N-dealkylation sites (tertiary alicyclic amines) is 1. The number of phenols is 1. The fourth-order valence-electron chi connectivity index (χ4n) is 2.20. The van der Waals surface area contributed by atoms with Crippen LogP contribution in [0.5, 0.6) is 5.75 Å². The van der Waals surface area contributed by atoms with Crippen LogP contribution in [0.1, 0.15) is 23.2 Å². The summed E-state index contributed by atoms with van der Waals surface area (Å²) >= 11 is 0. The topological polar surface area (TPSA) is 66.6 Å². The lowest BCUT2D eigenvalue weighted by Crippen LogP contribution is -2.38. The third-order valence-electron chi connectivity index (χ3n) is 3.03. The van der Waals surface area contributed by atoms with Crippen molar-refractivity contribution < 1.29 is 9.90 Å². The zero-order chi connectivity index (χ0) is 12.4. The third-order valence-corrected chi connectivity index (χ3v) is 3.03. The van der Waals surface area contributed by atoms with Crippen molar-refractivity contribution in [2.75, 3.05) is 6.54 Å². The number of carbonyl (C=O) groups is 1. The molecule has 1 aliphatic heterocycles. The van der Waals surface area contributed by atoms with Crippen molar-refractivity contribution in [3.63, 3.8) is 0 Å². The van der Waals surface area contributed by atoms with Gasteiger partial charge in [-0.25, -0.2) is 0 Å². The van der Waals surface area contributed by atoms with E-state index in [1.807, 2.05) is 0 Å². The van der Waals surface area contributed by atoms with Crippen molar-refractivity contribution in [3.05, 3.63) is 42.1 Å². The number of nitrogens with zero attached hydrogens (tertiary/aromatic N) is 1. The molecule has 0 bridgehead atoms. The highest BCUT2D eigenvalue weighted by atomic mass is 16.3. The highest BCUT2D eigenvalue weighted by Gasteiger charge is 2.30. The van der Waals surface area contributed by atoms with E-state index in [1.165, 1.54) is 6.07 Å². The lowest BCUT2D eigenvalue weighted by molar-refractivity contribution is 0.0755. The van der Waals surface area contributed by atoms with Crippen LogP contribution in [0.2, 0.25) is 0 Å². The number of aromatic hydroxyl groups is 1. The minimum atomic E-state index is -0.102. The normalized spacial score (nSPS) is 19.3. The lowest BCUT2D eigenvalue weighted by atomic mass is 10.1. The molecule has 0 radical (unpaired) electrons. The van der Waals surface area contributed by atoms with E-state index in [-0.39, 0.29) is 17.7 Å². The first kappa shape index (κ1) is 11.5. The van der Waals surface area contributed by atoms with E-state index in [0.29, 0.717) is 17.8 Å². The van der Waals surface area contributed by atoms with Crippen molar-refractivity contribution in [2.24, 2.45) is 5.73 Å². The number of amides is 1. The van der Waals surface area contributed by atoms with Gasteiger partial charge in [-0.05, 0) is 31.0 Å². The van der Waals surface area contributed by atoms with Gasteiger partial charge in [-0.15, -0.1) is 0 Å². The zero-order valence-electron chi connectivity index (χ0n) is 9.60. The average Bonchev–Trinajstić information content (AvgIpc) is 2.77. The number of nitrogens with two attached hydrogens (primary N) is 1. The molecule has 0 unspecified atom stereocenters. The highest BCUT2D eigenvalue weighted by Crippen LogP contribution is 2.23. The van der Waals surface area contributed by atoms with Crippen LogP contribution >= 0.6 is 0 Å². The molecule has 17 heavy (non-hydrogen) atoms. The number of hydrogen-bond acceptors (Lipinski definition) is 3. The van der Waals surface area contributed by atoms with Crippen molar-refractivity contribution in [1.82, 2.24) is 4.90 Å². The van der Waals surface area contributed by atoms with Gasteiger partial charge in [0.1, 0.15) is 5.75 Å². The number of rotatable bonds is 2. The fraction of sp³-hybridized carbons (Fsp3) is 0.308. The maximum absolute atomic E-state index is 12.2. The van der Waals surface area contributed by atoms with E-state index in [4.69, 9.17) is 5.73 Å². The third kappa shape index (κ3) is 2.25. The van der Waals surface area contributed by atoms with Crippen molar-refractivity contribution in [2.45, 2.75) is 18.9 Å². The minimum absolute atomic E-state index is 0.0788. The predicted molar refractivity (Wildman–Crippen MR) is 65.5 cm³/mol. The Hall–Kier alpha value is -1.97. The van der Waals surface area contributed by atoms with Crippen LogP contribution in [-0.2, 0) is 0 Å². The summed E-state index contributed by atoms with van der Waals surface area (Å²) in [5, 5.41) is 9.37. The molecule has 4 nitrogen and oxygen atoms in total. The van der Waals surface area contributed by atoms with Crippen LogP contribution in [0, 0.1) is 0 Å². The minimum Gasteiger partial charge on any atom is -0.508 e. The Morgan fingerprint density at radius 1 is 1.53 bits per heavy atom. The molecule has 1 atom stereocenters. The summed E-state index contributed by atoms with van der Waals surface area (Å²) in [6.07, 6.45) is 1.80. The van der Waals surface area contributed by atoms with Crippen molar-refractivity contribution in [3.8, 4) is 5.75 Å². The van der Waals surface area contributed by atoms with Crippen LogP contribution in [0.15, 0.2) is 36.5 Å².